The molecule has 7 nitrogen and oxygen atoms in total. The molecule has 7 heteroatoms. The number of nitrogens with zero attached hydrogens (tertiary/aromatic N) is 2. The number of guanidine groups is 1. The summed E-state index contributed by atoms with van der Waals surface area (Å²) in [5.74, 6) is 1.56. The van der Waals surface area contributed by atoms with Crippen molar-refractivity contribution in [3.8, 4) is 0 Å². The van der Waals surface area contributed by atoms with Crippen molar-refractivity contribution in [3.05, 3.63) is 17.5 Å². The fourth-order valence-corrected chi connectivity index (χ4v) is 2.37. The molecular formula is C16H28N4O3. The highest BCUT2D eigenvalue weighted by Gasteiger charge is 2.14. The summed E-state index contributed by atoms with van der Waals surface area (Å²) in [5.41, 5.74) is 0.966. The third-order valence-electron chi connectivity index (χ3n) is 3.71. The maximum atomic E-state index is 5.63. The molecular weight excluding hydrogens is 296 g/mol. The first-order chi connectivity index (χ1) is 11.3. The van der Waals surface area contributed by atoms with E-state index in [1.165, 1.54) is 0 Å². The number of hydrogen-bond donors (Lipinski definition) is 2. The maximum absolute atomic E-state index is 5.63. The highest BCUT2D eigenvalue weighted by Crippen LogP contribution is 2.11. The van der Waals surface area contributed by atoms with Gasteiger partial charge in [0, 0.05) is 32.9 Å². The second kappa shape index (κ2) is 10.2. The molecule has 2 heterocycles. The summed E-state index contributed by atoms with van der Waals surface area (Å²) in [6.07, 6.45) is 4.38. The summed E-state index contributed by atoms with van der Waals surface area (Å²) in [6, 6.07) is 1.96. The van der Waals surface area contributed by atoms with Crippen molar-refractivity contribution < 1.29 is 14.0 Å². The van der Waals surface area contributed by atoms with Gasteiger partial charge < -0.3 is 24.6 Å². The molecule has 23 heavy (non-hydrogen) atoms. The molecule has 1 aliphatic heterocycles. The van der Waals surface area contributed by atoms with Gasteiger partial charge in [-0.15, -0.1) is 0 Å². The van der Waals surface area contributed by atoms with Gasteiger partial charge in [-0.1, -0.05) is 12.1 Å². The van der Waals surface area contributed by atoms with Gasteiger partial charge >= 0.3 is 0 Å². The van der Waals surface area contributed by atoms with Crippen molar-refractivity contribution in [2.45, 2.75) is 45.3 Å². The second-order valence-electron chi connectivity index (χ2n) is 5.55. The van der Waals surface area contributed by atoms with E-state index in [2.05, 4.69) is 27.7 Å². The van der Waals surface area contributed by atoms with Gasteiger partial charge in [-0.3, -0.25) is 4.99 Å². The van der Waals surface area contributed by atoms with E-state index >= 15 is 0 Å². The number of aromatic nitrogens is 1. The average Bonchev–Trinajstić information content (AvgIpc) is 3.25. The smallest absolute Gasteiger partial charge is 0.191 e. The molecule has 1 aromatic rings. The van der Waals surface area contributed by atoms with Crippen LogP contribution in [0.2, 0.25) is 0 Å². The Kier molecular flexibility index (Phi) is 7.89. The molecule has 0 aromatic carbocycles. The number of rotatable bonds is 9. The molecule has 0 bridgehead atoms. The van der Waals surface area contributed by atoms with Gasteiger partial charge in [0.2, 0.25) is 0 Å². The topological polar surface area (TPSA) is 80.9 Å². The Morgan fingerprint density at radius 3 is 3.09 bits per heavy atom. The third-order valence-corrected chi connectivity index (χ3v) is 3.71. The Morgan fingerprint density at radius 2 is 2.39 bits per heavy atom. The molecule has 1 saturated heterocycles. The molecule has 130 valence electrons. The summed E-state index contributed by atoms with van der Waals surface area (Å²) in [5, 5.41) is 10.4. The quantitative estimate of drug-likeness (QED) is 0.407. The van der Waals surface area contributed by atoms with Crippen molar-refractivity contribution in [2.75, 3.05) is 33.4 Å². The van der Waals surface area contributed by atoms with Crippen LogP contribution in [0, 0.1) is 0 Å². The van der Waals surface area contributed by atoms with Gasteiger partial charge in [0.1, 0.15) is 0 Å². The van der Waals surface area contributed by atoms with Crippen molar-refractivity contribution in [1.82, 2.24) is 15.8 Å². The molecule has 2 N–H and O–H groups in total. The van der Waals surface area contributed by atoms with Gasteiger partial charge in [-0.25, -0.2) is 0 Å². The lowest BCUT2D eigenvalue weighted by Gasteiger charge is -2.12. The van der Waals surface area contributed by atoms with Crippen LogP contribution in [0.25, 0.3) is 0 Å². The molecule has 0 radical (unpaired) electrons. The first kappa shape index (κ1) is 17.7. The first-order valence-electron chi connectivity index (χ1n) is 8.40. The van der Waals surface area contributed by atoms with E-state index in [1.807, 2.05) is 6.07 Å². The fourth-order valence-electron chi connectivity index (χ4n) is 2.37. The van der Waals surface area contributed by atoms with Crippen molar-refractivity contribution >= 4 is 5.96 Å². The molecule has 2 rings (SSSR count). The van der Waals surface area contributed by atoms with Crippen LogP contribution >= 0.6 is 0 Å². The van der Waals surface area contributed by atoms with E-state index in [-0.39, 0.29) is 0 Å². The standard InChI is InChI=1S/C16H28N4O3/c1-3-13-10-15(23-20-13)11-19-16(17-2)18-7-5-8-21-12-14-6-4-9-22-14/h10,14H,3-9,11-12H2,1-2H3,(H2,17,18,19). The summed E-state index contributed by atoms with van der Waals surface area (Å²) in [7, 11) is 1.75. The maximum Gasteiger partial charge on any atom is 0.191 e. The zero-order chi connectivity index (χ0) is 16.3. The zero-order valence-corrected chi connectivity index (χ0v) is 14.1. The fraction of sp³-hybridized carbons (Fsp3) is 0.750. The monoisotopic (exact) mass is 324 g/mol. The number of aryl methyl sites for hydroxylation is 1. The lowest BCUT2D eigenvalue weighted by atomic mass is 10.2. The largest absolute Gasteiger partial charge is 0.379 e. The van der Waals surface area contributed by atoms with E-state index < -0.39 is 0 Å². The SMILES string of the molecule is CCc1cc(CNC(=NC)NCCCOCC2CCCO2)on1. The van der Waals surface area contributed by atoms with Crippen LogP contribution < -0.4 is 10.6 Å². The predicted molar refractivity (Wildman–Crippen MR) is 88.5 cm³/mol. The molecule has 0 spiro atoms. The van der Waals surface area contributed by atoms with Gasteiger partial charge in [0.25, 0.3) is 0 Å². The molecule has 0 amide bonds. The van der Waals surface area contributed by atoms with Gasteiger partial charge in [0.05, 0.1) is 24.9 Å². The van der Waals surface area contributed by atoms with E-state index in [0.717, 1.165) is 62.9 Å². The third kappa shape index (κ3) is 6.58. The van der Waals surface area contributed by atoms with Gasteiger partial charge in [0.15, 0.2) is 11.7 Å². The molecule has 1 fully saturated rings. The molecule has 0 aliphatic carbocycles. The highest BCUT2D eigenvalue weighted by molar-refractivity contribution is 5.79. The predicted octanol–water partition coefficient (Wildman–Crippen LogP) is 1.49. The molecule has 1 atom stereocenters. The summed E-state index contributed by atoms with van der Waals surface area (Å²) in [4.78, 5) is 4.18. The van der Waals surface area contributed by atoms with Crippen LogP contribution in [-0.2, 0) is 22.4 Å². The normalized spacial score (nSPS) is 18.3. The summed E-state index contributed by atoms with van der Waals surface area (Å²) < 4.78 is 16.4. The Hall–Kier alpha value is -1.60. The number of hydrogen-bond acceptors (Lipinski definition) is 5. The summed E-state index contributed by atoms with van der Waals surface area (Å²) in [6.45, 7) is 5.74. The van der Waals surface area contributed by atoms with Crippen LogP contribution in [0.1, 0.15) is 37.6 Å². The minimum absolute atomic E-state index is 0.298. The van der Waals surface area contributed by atoms with E-state index in [9.17, 15) is 0 Å². The Labute approximate surface area is 137 Å². The molecule has 1 unspecified atom stereocenters. The summed E-state index contributed by atoms with van der Waals surface area (Å²) >= 11 is 0. The van der Waals surface area contributed by atoms with E-state index in [4.69, 9.17) is 14.0 Å². The number of nitrogens with one attached hydrogen (secondary N) is 2. The van der Waals surface area contributed by atoms with E-state index in [1.54, 1.807) is 7.05 Å². The number of aliphatic imine (C=N–C) groups is 1. The minimum Gasteiger partial charge on any atom is -0.379 e. The van der Waals surface area contributed by atoms with E-state index in [0.29, 0.717) is 19.3 Å². The molecule has 1 aromatic heterocycles. The van der Waals surface area contributed by atoms with Crippen molar-refractivity contribution in [3.63, 3.8) is 0 Å². The van der Waals surface area contributed by atoms with Crippen LogP contribution in [0.3, 0.4) is 0 Å². The minimum atomic E-state index is 0.298. The molecule has 1 aliphatic rings. The van der Waals surface area contributed by atoms with Crippen LogP contribution in [0.5, 0.6) is 0 Å². The van der Waals surface area contributed by atoms with Crippen LogP contribution in [0.15, 0.2) is 15.6 Å². The Morgan fingerprint density at radius 1 is 1.48 bits per heavy atom. The van der Waals surface area contributed by atoms with Crippen LogP contribution in [0.4, 0.5) is 0 Å². The van der Waals surface area contributed by atoms with Crippen molar-refractivity contribution in [2.24, 2.45) is 4.99 Å². The number of ether oxygens (including phenoxy) is 2. The first-order valence-corrected chi connectivity index (χ1v) is 8.40. The van der Waals surface area contributed by atoms with Crippen LogP contribution in [-0.4, -0.2) is 50.6 Å². The molecule has 0 saturated carbocycles. The van der Waals surface area contributed by atoms with Gasteiger partial charge in [-0.05, 0) is 25.7 Å². The lowest BCUT2D eigenvalue weighted by Crippen LogP contribution is -2.37. The van der Waals surface area contributed by atoms with Crippen molar-refractivity contribution in [1.29, 1.82) is 0 Å². The highest BCUT2D eigenvalue weighted by atomic mass is 16.5. The Balaban J connectivity index is 1.52. The van der Waals surface area contributed by atoms with Gasteiger partial charge in [-0.2, -0.15) is 0 Å². The average molecular weight is 324 g/mol. The second-order valence-corrected chi connectivity index (χ2v) is 5.55. The Bertz CT molecular complexity index is 470. The lowest BCUT2D eigenvalue weighted by molar-refractivity contribution is 0.0168. The zero-order valence-electron chi connectivity index (χ0n) is 14.1.